The number of rotatable bonds is 3. The number of thiocarbonyl (C=S) groups is 1. The third-order valence-corrected chi connectivity index (χ3v) is 6.31. The highest BCUT2D eigenvalue weighted by Gasteiger charge is 2.14. The van der Waals surface area contributed by atoms with E-state index in [4.69, 9.17) is 12.2 Å². The van der Waals surface area contributed by atoms with Crippen LogP contribution in [0, 0.1) is 0 Å². The molecule has 0 aliphatic rings. The molecule has 5 nitrogen and oxygen atoms in total. The Hall–Kier alpha value is -3.81. The molecule has 0 saturated heterocycles. The van der Waals surface area contributed by atoms with E-state index >= 15 is 0 Å². The van der Waals surface area contributed by atoms with Crippen LogP contribution in [0.3, 0.4) is 0 Å². The predicted molar refractivity (Wildman–Crippen MR) is 134 cm³/mol. The first-order valence-electron chi connectivity index (χ1n) is 9.87. The summed E-state index contributed by atoms with van der Waals surface area (Å²) in [5.41, 5.74) is 2.66. The fourth-order valence-corrected chi connectivity index (χ4v) is 4.73. The average molecular weight is 456 g/mol. The molecule has 5 rings (SSSR count). The van der Waals surface area contributed by atoms with Crippen LogP contribution in [0.5, 0.6) is 5.75 Å². The zero-order valence-corrected chi connectivity index (χ0v) is 18.3. The number of phenolic OH excluding ortho intramolecular Hbond substituents is 1. The normalized spacial score (nSPS) is 10.9. The Labute approximate surface area is 193 Å². The fraction of sp³-hybridized carbons (Fsp3) is 0. The number of benzene rings is 4. The summed E-state index contributed by atoms with van der Waals surface area (Å²) in [6.07, 6.45) is 0. The van der Waals surface area contributed by atoms with E-state index in [2.05, 4.69) is 15.6 Å². The van der Waals surface area contributed by atoms with E-state index in [0.29, 0.717) is 21.8 Å². The van der Waals surface area contributed by atoms with Crippen molar-refractivity contribution in [3.8, 4) is 16.3 Å². The van der Waals surface area contributed by atoms with Gasteiger partial charge in [0.15, 0.2) is 5.11 Å². The highest BCUT2D eigenvalue weighted by Crippen LogP contribution is 2.36. The lowest BCUT2D eigenvalue weighted by atomic mass is 10.0. The maximum absolute atomic E-state index is 12.8. The molecule has 0 atom stereocenters. The summed E-state index contributed by atoms with van der Waals surface area (Å²) in [7, 11) is 0. The minimum atomic E-state index is -0.288. The van der Waals surface area contributed by atoms with Crippen LogP contribution in [0.15, 0.2) is 84.9 Å². The first-order valence-corrected chi connectivity index (χ1v) is 11.1. The van der Waals surface area contributed by atoms with E-state index in [1.165, 1.54) is 11.3 Å². The lowest BCUT2D eigenvalue weighted by molar-refractivity contribution is 0.0979. The van der Waals surface area contributed by atoms with Crippen molar-refractivity contribution in [3.63, 3.8) is 0 Å². The van der Waals surface area contributed by atoms with E-state index in [0.717, 1.165) is 21.0 Å². The molecule has 0 aliphatic carbocycles. The molecular weight excluding hydrogens is 438 g/mol. The van der Waals surface area contributed by atoms with Gasteiger partial charge in [-0.2, -0.15) is 0 Å². The fourth-order valence-electron chi connectivity index (χ4n) is 3.53. The standard InChI is InChI=1S/C25H17N3O2S2/c29-21-13-12-16(14-19(21)24-27-20-10-3-4-11-22(20)32-24)26-25(31)28-23(30)18-9-5-7-15-6-1-2-8-17(15)18/h1-14,29H,(H2,26,28,30,31). The number of carbonyl (C=O) groups is 1. The number of amides is 1. The van der Waals surface area contributed by atoms with Crippen LogP contribution >= 0.6 is 23.6 Å². The van der Waals surface area contributed by atoms with Crippen molar-refractivity contribution in [1.29, 1.82) is 0 Å². The van der Waals surface area contributed by atoms with Crippen molar-refractivity contribution < 1.29 is 9.90 Å². The molecule has 32 heavy (non-hydrogen) atoms. The summed E-state index contributed by atoms with van der Waals surface area (Å²) in [5, 5.41) is 18.9. The van der Waals surface area contributed by atoms with Gasteiger partial charge in [-0.15, -0.1) is 11.3 Å². The minimum absolute atomic E-state index is 0.125. The first kappa shape index (κ1) is 20.1. The largest absolute Gasteiger partial charge is 0.507 e. The van der Waals surface area contributed by atoms with Crippen LogP contribution in [0.4, 0.5) is 5.69 Å². The quantitative estimate of drug-likeness (QED) is 0.232. The molecule has 7 heteroatoms. The summed E-state index contributed by atoms with van der Waals surface area (Å²) < 4.78 is 1.04. The Balaban J connectivity index is 1.36. The van der Waals surface area contributed by atoms with Gasteiger partial charge in [0.2, 0.25) is 0 Å². The second-order valence-corrected chi connectivity index (χ2v) is 8.59. The predicted octanol–water partition coefficient (Wildman–Crippen LogP) is 5.95. The van der Waals surface area contributed by atoms with Crippen LogP contribution < -0.4 is 10.6 Å². The number of hydrogen-bond acceptors (Lipinski definition) is 5. The van der Waals surface area contributed by atoms with Crippen molar-refractivity contribution in [2.24, 2.45) is 0 Å². The van der Waals surface area contributed by atoms with Gasteiger partial charge in [-0.1, -0.05) is 48.5 Å². The smallest absolute Gasteiger partial charge is 0.258 e. The van der Waals surface area contributed by atoms with Gasteiger partial charge in [-0.05, 0) is 59.4 Å². The number of thiazole rings is 1. The second kappa shape index (κ2) is 8.37. The lowest BCUT2D eigenvalue weighted by Crippen LogP contribution is -2.34. The number of phenols is 1. The van der Waals surface area contributed by atoms with E-state index in [9.17, 15) is 9.90 Å². The Kier molecular flexibility index (Phi) is 5.26. The van der Waals surface area contributed by atoms with Gasteiger partial charge in [-0.25, -0.2) is 4.98 Å². The van der Waals surface area contributed by atoms with Gasteiger partial charge in [-0.3, -0.25) is 10.1 Å². The third-order valence-electron chi connectivity index (χ3n) is 5.04. The number of aromatic nitrogens is 1. The molecule has 0 unspecified atom stereocenters. The average Bonchev–Trinajstić information content (AvgIpc) is 3.24. The van der Waals surface area contributed by atoms with Crippen molar-refractivity contribution in [1.82, 2.24) is 10.3 Å². The maximum atomic E-state index is 12.8. The number of hydrogen-bond donors (Lipinski definition) is 3. The Morgan fingerprint density at radius 2 is 1.72 bits per heavy atom. The molecule has 4 aromatic carbocycles. The summed E-state index contributed by atoms with van der Waals surface area (Å²) in [4.78, 5) is 17.4. The highest BCUT2D eigenvalue weighted by molar-refractivity contribution is 7.80. The van der Waals surface area contributed by atoms with Gasteiger partial charge in [0.05, 0.1) is 15.8 Å². The SMILES string of the molecule is O=C(NC(=S)Nc1ccc(O)c(-c2nc3ccccc3s2)c1)c1cccc2ccccc12. The summed E-state index contributed by atoms with van der Waals surface area (Å²) >= 11 is 6.86. The van der Waals surface area contributed by atoms with Crippen LogP contribution in [0.1, 0.15) is 10.4 Å². The highest BCUT2D eigenvalue weighted by atomic mass is 32.1. The van der Waals surface area contributed by atoms with Crippen molar-refractivity contribution in [2.45, 2.75) is 0 Å². The molecule has 1 amide bonds. The molecule has 0 saturated carbocycles. The molecule has 0 aliphatic heterocycles. The molecule has 1 heterocycles. The zero-order chi connectivity index (χ0) is 22.1. The topological polar surface area (TPSA) is 74.2 Å². The first-order chi connectivity index (χ1) is 15.6. The number of fused-ring (bicyclic) bond motifs is 2. The lowest BCUT2D eigenvalue weighted by Gasteiger charge is -2.12. The summed E-state index contributed by atoms with van der Waals surface area (Å²) in [6.45, 7) is 0. The monoisotopic (exact) mass is 455 g/mol. The number of nitrogens with zero attached hydrogens (tertiary/aromatic N) is 1. The molecule has 5 aromatic rings. The minimum Gasteiger partial charge on any atom is -0.507 e. The van der Waals surface area contributed by atoms with Crippen molar-refractivity contribution >= 4 is 61.3 Å². The van der Waals surface area contributed by atoms with Gasteiger partial charge < -0.3 is 10.4 Å². The zero-order valence-electron chi connectivity index (χ0n) is 16.7. The van der Waals surface area contributed by atoms with Gasteiger partial charge >= 0.3 is 0 Å². The van der Waals surface area contributed by atoms with Crippen LogP contribution in [-0.2, 0) is 0 Å². The molecule has 1 aromatic heterocycles. The van der Waals surface area contributed by atoms with Crippen LogP contribution in [-0.4, -0.2) is 21.1 Å². The number of carbonyl (C=O) groups excluding carboxylic acids is 1. The van der Waals surface area contributed by atoms with E-state index in [1.54, 1.807) is 24.3 Å². The Bertz CT molecular complexity index is 1460. The number of nitrogens with one attached hydrogen (secondary N) is 2. The van der Waals surface area contributed by atoms with Gasteiger partial charge in [0, 0.05) is 11.3 Å². The van der Waals surface area contributed by atoms with Gasteiger partial charge in [0.1, 0.15) is 10.8 Å². The van der Waals surface area contributed by atoms with Crippen molar-refractivity contribution in [2.75, 3.05) is 5.32 Å². The molecule has 0 fully saturated rings. The van der Waals surface area contributed by atoms with Crippen LogP contribution in [0.25, 0.3) is 31.6 Å². The number of aromatic hydroxyl groups is 1. The number of para-hydroxylation sites is 1. The summed E-state index contributed by atoms with van der Waals surface area (Å²) in [6, 6.07) is 26.1. The van der Waals surface area contributed by atoms with Gasteiger partial charge in [0.25, 0.3) is 5.91 Å². The third kappa shape index (κ3) is 3.91. The Morgan fingerprint density at radius 3 is 2.59 bits per heavy atom. The molecular formula is C25H17N3O2S2. The molecule has 156 valence electrons. The maximum Gasteiger partial charge on any atom is 0.258 e. The van der Waals surface area contributed by atoms with E-state index < -0.39 is 0 Å². The van der Waals surface area contributed by atoms with Crippen LogP contribution in [0.2, 0.25) is 0 Å². The number of anilines is 1. The van der Waals surface area contributed by atoms with Crippen molar-refractivity contribution in [3.05, 3.63) is 90.5 Å². The Morgan fingerprint density at radius 1 is 0.938 bits per heavy atom. The second-order valence-electron chi connectivity index (χ2n) is 7.15. The molecule has 0 bridgehead atoms. The molecule has 0 spiro atoms. The summed E-state index contributed by atoms with van der Waals surface area (Å²) in [5.74, 6) is -0.162. The molecule has 3 N–H and O–H groups in total. The van der Waals surface area contributed by atoms with E-state index in [-0.39, 0.29) is 16.8 Å². The van der Waals surface area contributed by atoms with E-state index in [1.807, 2.05) is 60.7 Å². The molecule has 0 radical (unpaired) electrons.